The molecule has 0 unspecified atom stereocenters. The van der Waals surface area contributed by atoms with E-state index in [1.54, 1.807) is 0 Å². The van der Waals surface area contributed by atoms with Crippen LogP contribution in [0.4, 0.5) is 0 Å². The third kappa shape index (κ3) is 16.9. The van der Waals surface area contributed by atoms with Crippen LogP contribution in [0.2, 0.25) is 9.79 Å². The summed E-state index contributed by atoms with van der Waals surface area (Å²) in [7, 11) is 0. The molecule has 0 bridgehead atoms. The number of benzene rings is 2. The molecule has 0 aliphatic carbocycles. The van der Waals surface area contributed by atoms with Gasteiger partial charge in [-0.15, -0.1) is 0 Å². The molecule has 0 N–H and O–H groups in total. The van der Waals surface area contributed by atoms with Gasteiger partial charge in [0, 0.05) is 22.8 Å². The molecule has 0 fully saturated rings. The Morgan fingerprint density at radius 2 is 0.979 bits per heavy atom. The fourth-order valence-electron chi connectivity index (χ4n) is 6.21. The van der Waals surface area contributed by atoms with Crippen LogP contribution in [0.1, 0.15) is 179 Å². The summed E-state index contributed by atoms with van der Waals surface area (Å²) >= 11 is 1.07. The van der Waals surface area contributed by atoms with E-state index in [1.807, 2.05) is 0 Å². The van der Waals surface area contributed by atoms with Gasteiger partial charge in [0.2, 0.25) is 11.4 Å². The minimum atomic E-state index is 0.885. The number of hydrogen-bond donors (Lipinski definition) is 0. The first-order valence-corrected chi connectivity index (χ1v) is 21.9. The molecule has 3 heteroatoms. The predicted molar refractivity (Wildman–Crippen MR) is 205 cm³/mol. The molecule has 0 atom stereocenters. The fourth-order valence-corrected chi connectivity index (χ4v) is 8.15. The van der Waals surface area contributed by atoms with Crippen molar-refractivity contribution < 1.29 is 22.7 Å². The first-order valence-electron chi connectivity index (χ1n) is 19.7. The Morgan fingerprint density at radius 1 is 0.532 bits per heavy atom. The van der Waals surface area contributed by atoms with Gasteiger partial charge in [0.25, 0.3) is 0 Å². The molecule has 2 aromatic rings. The molecule has 266 valence electrons. The maximum atomic E-state index is 11.2. The molecule has 0 amide bonds. The predicted octanol–water partition coefficient (Wildman–Crippen LogP) is 15.0. The van der Waals surface area contributed by atoms with Crippen molar-refractivity contribution in [2.45, 2.75) is 179 Å². The van der Waals surface area contributed by atoms with E-state index in [0.29, 0.717) is 0 Å². The zero-order chi connectivity index (χ0) is 34.0. The molecule has 1 aliphatic heterocycles. The fraction of sp³-hybridized carbons (Fsp3) is 0.636. The summed E-state index contributed by atoms with van der Waals surface area (Å²) in [5.74, 6) is 0. The summed E-state index contributed by atoms with van der Waals surface area (Å²) in [6.07, 6.45) is 30.3. The maximum Gasteiger partial charge on any atom is 0.210 e. The van der Waals surface area contributed by atoms with Gasteiger partial charge >= 0.3 is 119 Å². The molecule has 2 aromatic carbocycles. The van der Waals surface area contributed by atoms with E-state index in [-0.39, 0.29) is 0 Å². The quantitative estimate of drug-likeness (QED) is 0.0552. The summed E-state index contributed by atoms with van der Waals surface area (Å²) in [4.78, 5) is 3.07. The van der Waals surface area contributed by atoms with Gasteiger partial charge < -0.3 is 5.53 Å². The van der Waals surface area contributed by atoms with Crippen LogP contribution in [-0.2, 0) is 30.8 Å². The molecule has 0 spiro atoms. The van der Waals surface area contributed by atoms with Crippen molar-refractivity contribution in [3.63, 3.8) is 0 Å². The maximum absolute atomic E-state index is 11.2. The average Bonchev–Trinajstić information content (AvgIpc) is 3.43. The van der Waals surface area contributed by atoms with Gasteiger partial charge in [-0.3, -0.25) is 0 Å². The number of nitrogens with zero attached hydrogens (tertiary/aromatic N) is 2. The van der Waals surface area contributed by atoms with Crippen molar-refractivity contribution in [1.82, 2.24) is 0 Å². The van der Waals surface area contributed by atoms with Crippen molar-refractivity contribution in [2.75, 3.05) is 0 Å². The van der Waals surface area contributed by atoms with E-state index in [9.17, 15) is 5.53 Å². The third-order valence-electron chi connectivity index (χ3n) is 9.15. The van der Waals surface area contributed by atoms with Crippen molar-refractivity contribution in [1.29, 1.82) is 0 Å². The van der Waals surface area contributed by atoms with Gasteiger partial charge in [0.05, 0.1) is 0 Å². The van der Waals surface area contributed by atoms with Crippen molar-refractivity contribution in [3.8, 4) is 0 Å². The van der Waals surface area contributed by atoms with Crippen LogP contribution in [0, 0.1) is 0 Å². The second-order valence-corrected chi connectivity index (χ2v) is 15.7. The minimum Gasteiger partial charge on any atom is -0.493 e. The summed E-state index contributed by atoms with van der Waals surface area (Å²) in [6, 6.07) is 17.4. The first kappa shape index (κ1) is 41.4. The minimum absolute atomic E-state index is 0.885. The third-order valence-corrected chi connectivity index (χ3v) is 11.4. The van der Waals surface area contributed by atoms with E-state index in [1.165, 1.54) is 147 Å². The first-order chi connectivity index (χ1) is 23.1. The smallest absolute Gasteiger partial charge is 0.210 e. The van der Waals surface area contributed by atoms with Crippen LogP contribution in [0.3, 0.4) is 0 Å². The number of allylic oxidation sites excluding steroid dienone is 2. The van der Waals surface area contributed by atoms with Gasteiger partial charge in [-0.1, -0.05) is 70.7 Å². The van der Waals surface area contributed by atoms with Gasteiger partial charge in [-0.2, -0.15) is 0 Å². The Hall–Kier alpha value is -1.82. The van der Waals surface area contributed by atoms with Crippen LogP contribution in [0.5, 0.6) is 0 Å². The largest absolute Gasteiger partial charge is 0.493 e. The number of aryl methyl sites for hydroxylation is 2. The Bertz CT molecular complexity index is 1160. The summed E-state index contributed by atoms with van der Waals surface area (Å²) < 4.78 is 1.41. The van der Waals surface area contributed by atoms with E-state index < -0.39 is 0 Å². The molecule has 0 saturated heterocycles. The topological polar surface area (TPSA) is 25.3 Å². The standard InChI is InChI=1S/C28H36N2.2C8H17.Pd/c1-4-7-9-13-22-15-11-17-25(19-22)27-21-24(6-3)28(30(27)29)26-18-12-16-23(20-26)14-10-8-5-2;2*1-3-5-7-8-6-4-2;/h11-12,15-21H,4-10,13-14H2,1-3H3;2*1,3-8H2,2H3;. The van der Waals surface area contributed by atoms with Crippen molar-refractivity contribution in [2.24, 2.45) is 0 Å². The van der Waals surface area contributed by atoms with Crippen molar-refractivity contribution >= 4 is 11.4 Å². The van der Waals surface area contributed by atoms with E-state index in [2.05, 4.69) is 89.2 Å². The second kappa shape index (κ2) is 27.1. The van der Waals surface area contributed by atoms with E-state index in [0.717, 1.165) is 59.8 Å². The molecule has 1 heterocycles. The van der Waals surface area contributed by atoms with Crippen LogP contribution in [0.15, 0.2) is 60.2 Å². The van der Waals surface area contributed by atoms with Gasteiger partial charge in [0.15, 0.2) is 0 Å². The van der Waals surface area contributed by atoms with Gasteiger partial charge in [-0.25, -0.2) is 4.70 Å². The van der Waals surface area contributed by atoms with Gasteiger partial charge in [-0.05, 0) is 67.5 Å². The Balaban J connectivity index is 0.000000387. The molecule has 47 heavy (non-hydrogen) atoms. The van der Waals surface area contributed by atoms with Crippen molar-refractivity contribution in [3.05, 3.63) is 88.0 Å². The zero-order valence-electron chi connectivity index (χ0n) is 31.2. The van der Waals surface area contributed by atoms with Crippen LogP contribution in [-0.4, -0.2) is 4.70 Å². The van der Waals surface area contributed by atoms with E-state index >= 15 is 0 Å². The summed E-state index contributed by atoms with van der Waals surface area (Å²) in [5.41, 5.74) is 19.1. The van der Waals surface area contributed by atoms with Crippen LogP contribution >= 0.6 is 0 Å². The monoisotopic (exact) mass is 732 g/mol. The number of rotatable bonds is 25. The second-order valence-electron chi connectivity index (χ2n) is 13.4. The zero-order valence-corrected chi connectivity index (χ0v) is 32.7. The summed E-state index contributed by atoms with van der Waals surface area (Å²) in [5, 5.41) is 0. The Morgan fingerprint density at radius 3 is 1.49 bits per heavy atom. The molecule has 1 aliphatic rings. The van der Waals surface area contributed by atoms with E-state index in [4.69, 9.17) is 0 Å². The van der Waals surface area contributed by atoms with Crippen LogP contribution in [0.25, 0.3) is 16.9 Å². The number of unbranched alkanes of at least 4 members (excludes halogenated alkanes) is 14. The molecule has 3 rings (SSSR count). The molecule has 0 aromatic heterocycles. The Labute approximate surface area is 300 Å². The van der Waals surface area contributed by atoms with Gasteiger partial charge in [0.1, 0.15) is 0 Å². The SMILES string of the molecule is CCCCCCC[CH2][Pd][CH2]CCCCCCC.CCCCCc1cccc(C2=CC(CC)=C(c3cccc(CCCCC)c3)[N+]2=[N-])c1. The van der Waals surface area contributed by atoms with Crippen LogP contribution < -0.4 is 0 Å². The molecular formula is C44H70N2Pd. The molecular weight excluding hydrogens is 663 g/mol. The normalized spacial score (nSPS) is 12.9. The molecule has 0 radical (unpaired) electrons. The molecule has 2 nitrogen and oxygen atoms in total. The number of hydrogen-bond acceptors (Lipinski definition) is 0. The Kier molecular flexibility index (Phi) is 23.8. The summed E-state index contributed by atoms with van der Waals surface area (Å²) in [6.45, 7) is 11.2. The molecule has 0 saturated carbocycles. The average molecular weight is 733 g/mol.